The van der Waals surface area contributed by atoms with Crippen molar-refractivity contribution in [3.8, 4) is 0 Å². The van der Waals surface area contributed by atoms with Crippen LogP contribution in [0.1, 0.15) is 6.92 Å². The Kier molecular flexibility index (Phi) is 5.16. The predicted octanol–water partition coefficient (Wildman–Crippen LogP) is 1.59. The Morgan fingerprint density at radius 1 is 1.45 bits per heavy atom. The van der Waals surface area contributed by atoms with Crippen molar-refractivity contribution >= 4 is 10.1 Å². The van der Waals surface area contributed by atoms with Crippen LogP contribution in [0, 0.1) is 0 Å². The van der Waals surface area contributed by atoms with Crippen molar-refractivity contribution in [3.05, 3.63) is 12.7 Å². The number of alkyl halides is 3. The highest BCUT2D eigenvalue weighted by molar-refractivity contribution is 7.86. The number of halogens is 3. The van der Waals surface area contributed by atoms with Crippen LogP contribution < -0.4 is 0 Å². The summed E-state index contributed by atoms with van der Waals surface area (Å²) >= 11 is 0. The van der Waals surface area contributed by atoms with Crippen LogP contribution >= 0.6 is 0 Å². The molecule has 0 saturated heterocycles. The van der Waals surface area contributed by atoms with E-state index in [0.717, 1.165) is 0 Å². The van der Waals surface area contributed by atoms with E-state index >= 15 is 0 Å². The highest BCUT2D eigenvalue weighted by Gasteiger charge is 2.44. The summed E-state index contributed by atoms with van der Waals surface area (Å²) in [6, 6.07) is 0. The van der Waals surface area contributed by atoms with Gasteiger partial charge < -0.3 is 0 Å². The third kappa shape index (κ3) is 7.34. The third-order valence-corrected chi connectivity index (χ3v) is 0.877. The Labute approximate surface area is 62.3 Å². The van der Waals surface area contributed by atoms with E-state index < -0.39 is 15.6 Å². The van der Waals surface area contributed by atoms with Crippen LogP contribution in [0.15, 0.2) is 12.7 Å². The van der Waals surface area contributed by atoms with Gasteiger partial charge in [-0.2, -0.15) is 21.6 Å². The molecule has 0 fully saturated rings. The summed E-state index contributed by atoms with van der Waals surface area (Å²) in [5.41, 5.74) is -5.53. The van der Waals surface area contributed by atoms with Crippen LogP contribution in [-0.4, -0.2) is 18.5 Å². The van der Waals surface area contributed by atoms with Crippen LogP contribution in [0.2, 0.25) is 0 Å². The van der Waals surface area contributed by atoms with E-state index in [1.165, 1.54) is 0 Å². The lowest BCUT2D eigenvalue weighted by Gasteiger charge is -1.97. The number of rotatable bonds is 0. The van der Waals surface area contributed by atoms with Crippen molar-refractivity contribution in [2.45, 2.75) is 12.4 Å². The molecule has 0 heterocycles. The molecule has 7 heteroatoms. The maximum absolute atomic E-state index is 10.7. The second-order valence-electron chi connectivity index (χ2n) is 1.33. The van der Waals surface area contributed by atoms with Gasteiger partial charge >= 0.3 is 15.6 Å². The summed E-state index contributed by atoms with van der Waals surface area (Å²) in [4.78, 5) is 0. The fourth-order valence-electron chi connectivity index (χ4n) is 0. The highest BCUT2D eigenvalue weighted by Crippen LogP contribution is 2.20. The molecule has 1 N–H and O–H groups in total. The molecule has 0 aliphatic heterocycles. The Morgan fingerprint density at radius 2 is 1.55 bits per heavy atom. The van der Waals surface area contributed by atoms with Gasteiger partial charge in [0.25, 0.3) is 0 Å². The minimum Gasteiger partial charge on any atom is -0.279 e. The SMILES string of the molecule is C=CC.O=S(=O)(O)C(F)(F)F. The van der Waals surface area contributed by atoms with Gasteiger partial charge in [0.2, 0.25) is 0 Å². The van der Waals surface area contributed by atoms with Gasteiger partial charge in [-0.25, -0.2) is 0 Å². The van der Waals surface area contributed by atoms with Gasteiger partial charge in [-0.15, -0.1) is 6.58 Å². The fourth-order valence-corrected chi connectivity index (χ4v) is 0. The number of allylic oxidation sites excluding steroid dienone is 1. The molecule has 0 spiro atoms. The summed E-state index contributed by atoms with van der Waals surface area (Å²) < 4.78 is 57.5. The third-order valence-electron chi connectivity index (χ3n) is 0.292. The normalized spacial score (nSPS) is 11.4. The van der Waals surface area contributed by atoms with Gasteiger partial charge in [0, 0.05) is 0 Å². The molecular weight excluding hydrogens is 185 g/mol. The Balaban J connectivity index is 0. The van der Waals surface area contributed by atoms with Crippen LogP contribution in [-0.2, 0) is 10.1 Å². The molecule has 0 aromatic rings. The van der Waals surface area contributed by atoms with Crippen molar-refractivity contribution in [1.29, 1.82) is 0 Å². The molecule has 0 amide bonds. The zero-order valence-corrected chi connectivity index (χ0v) is 6.41. The maximum Gasteiger partial charge on any atom is 0.522 e. The minimum atomic E-state index is -5.84. The van der Waals surface area contributed by atoms with Crippen molar-refractivity contribution in [1.82, 2.24) is 0 Å². The first-order valence-corrected chi connectivity index (χ1v) is 3.71. The van der Waals surface area contributed by atoms with E-state index in [9.17, 15) is 13.2 Å². The zero-order valence-electron chi connectivity index (χ0n) is 5.59. The van der Waals surface area contributed by atoms with Gasteiger partial charge in [-0.1, -0.05) is 6.08 Å². The van der Waals surface area contributed by atoms with Crippen LogP contribution in [0.25, 0.3) is 0 Å². The van der Waals surface area contributed by atoms with Gasteiger partial charge in [0.1, 0.15) is 0 Å². The van der Waals surface area contributed by atoms with Gasteiger partial charge in [-0.05, 0) is 6.92 Å². The van der Waals surface area contributed by atoms with E-state index in [1.807, 2.05) is 6.92 Å². The molecule has 68 valence electrons. The van der Waals surface area contributed by atoms with Crippen molar-refractivity contribution in [3.63, 3.8) is 0 Å². The number of hydrogen-bond donors (Lipinski definition) is 1. The topological polar surface area (TPSA) is 54.4 Å². The van der Waals surface area contributed by atoms with Gasteiger partial charge in [0.05, 0.1) is 0 Å². The fraction of sp³-hybridized carbons (Fsp3) is 0.500. The van der Waals surface area contributed by atoms with E-state index in [-0.39, 0.29) is 0 Å². The average molecular weight is 192 g/mol. The van der Waals surface area contributed by atoms with Crippen molar-refractivity contribution in [2.24, 2.45) is 0 Å². The first-order chi connectivity index (χ1) is 4.66. The van der Waals surface area contributed by atoms with E-state index in [0.29, 0.717) is 0 Å². The van der Waals surface area contributed by atoms with E-state index in [2.05, 4.69) is 6.58 Å². The summed E-state index contributed by atoms with van der Waals surface area (Å²) in [7, 11) is -5.84. The minimum absolute atomic E-state index is 1.75. The molecule has 0 atom stereocenters. The quantitative estimate of drug-likeness (QED) is 0.360. The summed E-state index contributed by atoms with van der Waals surface area (Å²) in [6.45, 7) is 5.25. The highest BCUT2D eigenvalue weighted by atomic mass is 32.2. The summed E-state index contributed by atoms with van der Waals surface area (Å²) in [5, 5.41) is 0. The average Bonchev–Trinajstić information content (AvgIpc) is 1.60. The Morgan fingerprint density at radius 3 is 1.55 bits per heavy atom. The molecule has 0 bridgehead atoms. The van der Waals surface area contributed by atoms with Crippen LogP contribution in [0.4, 0.5) is 13.2 Å². The van der Waals surface area contributed by atoms with Gasteiger partial charge in [-0.3, -0.25) is 4.55 Å². The van der Waals surface area contributed by atoms with Crippen molar-refractivity contribution in [2.75, 3.05) is 0 Å². The number of hydrogen-bond acceptors (Lipinski definition) is 2. The first-order valence-electron chi connectivity index (χ1n) is 2.27. The maximum atomic E-state index is 10.7. The largest absolute Gasteiger partial charge is 0.522 e. The lowest BCUT2D eigenvalue weighted by atomic mass is 10.8. The Hall–Kier alpha value is -0.560. The summed E-state index contributed by atoms with van der Waals surface area (Å²) in [6.07, 6.45) is 1.75. The Bertz CT molecular complexity index is 203. The molecule has 3 nitrogen and oxygen atoms in total. The van der Waals surface area contributed by atoms with Crippen LogP contribution in [0.3, 0.4) is 0 Å². The molecule has 0 aromatic heterocycles. The molecule has 0 saturated carbocycles. The molecule has 0 radical (unpaired) electrons. The van der Waals surface area contributed by atoms with Crippen LogP contribution in [0.5, 0.6) is 0 Å². The monoisotopic (exact) mass is 192 g/mol. The lowest BCUT2D eigenvalue weighted by Crippen LogP contribution is -2.21. The predicted molar refractivity (Wildman–Crippen MR) is 33.5 cm³/mol. The second kappa shape index (κ2) is 4.35. The standard InChI is InChI=1S/C3H6.CHF3O3S/c1-3-2;2-1(3,4)8(5,6)7/h3H,1H2,2H3;(H,5,6,7). The first kappa shape index (κ1) is 13.1. The second-order valence-corrected chi connectivity index (χ2v) is 2.74. The molecule has 0 aliphatic carbocycles. The van der Waals surface area contributed by atoms with E-state index in [1.54, 1.807) is 6.08 Å². The molecule has 0 aliphatic rings. The molecule has 0 rings (SSSR count). The molecule has 0 aromatic carbocycles. The molecule has 11 heavy (non-hydrogen) atoms. The molecular formula is C4H7F3O3S. The summed E-state index contributed by atoms with van der Waals surface area (Å²) in [5.74, 6) is 0. The van der Waals surface area contributed by atoms with E-state index in [4.69, 9.17) is 13.0 Å². The van der Waals surface area contributed by atoms with Gasteiger partial charge in [0.15, 0.2) is 0 Å². The zero-order chi connectivity index (χ0) is 9.71. The van der Waals surface area contributed by atoms with Crippen molar-refractivity contribution < 1.29 is 26.1 Å². The molecule has 0 unspecified atom stereocenters. The lowest BCUT2D eigenvalue weighted by molar-refractivity contribution is -0.0510. The smallest absolute Gasteiger partial charge is 0.279 e.